The summed E-state index contributed by atoms with van der Waals surface area (Å²) in [5.74, 6) is 1.48. The van der Waals surface area contributed by atoms with Crippen molar-refractivity contribution in [3.05, 3.63) is 59.2 Å². The molecule has 4 N–H and O–H groups in total. The van der Waals surface area contributed by atoms with Crippen LogP contribution in [-0.2, 0) is 23.1 Å². The number of aliphatic imine (C=N–C) groups is 1. The number of aryl methyl sites for hydroxylation is 1. The van der Waals surface area contributed by atoms with Crippen LogP contribution in [0, 0.1) is 6.92 Å². The lowest BCUT2D eigenvalue weighted by molar-refractivity contribution is 0.336. The molecule has 0 radical (unpaired) electrons. The van der Waals surface area contributed by atoms with E-state index in [2.05, 4.69) is 15.6 Å². The SMILES string of the molecule is CCNC(=NCc1cccc(S(N)(=O)=O)c1)NCc1ccc(C)cc1OCC.I. The molecular formula is C20H29IN4O3S. The van der Waals surface area contributed by atoms with Crippen LogP contribution in [0.2, 0.25) is 0 Å². The second-order valence-corrected chi connectivity index (χ2v) is 7.85. The van der Waals surface area contributed by atoms with Crippen LogP contribution in [0.25, 0.3) is 0 Å². The molecule has 0 aliphatic heterocycles. The number of hydrogen-bond donors (Lipinski definition) is 3. The van der Waals surface area contributed by atoms with E-state index in [9.17, 15) is 8.42 Å². The number of halogens is 1. The number of nitrogens with zero attached hydrogens (tertiary/aromatic N) is 1. The normalized spacial score (nSPS) is 11.5. The predicted octanol–water partition coefficient (Wildman–Crippen LogP) is 2.91. The highest BCUT2D eigenvalue weighted by atomic mass is 127. The molecule has 0 aliphatic rings. The number of guanidine groups is 1. The number of hydrogen-bond acceptors (Lipinski definition) is 4. The average Bonchev–Trinajstić information content (AvgIpc) is 2.65. The van der Waals surface area contributed by atoms with Gasteiger partial charge in [-0.1, -0.05) is 24.3 Å². The average molecular weight is 532 g/mol. The van der Waals surface area contributed by atoms with Gasteiger partial charge in [0.05, 0.1) is 18.0 Å². The van der Waals surface area contributed by atoms with E-state index in [0.717, 1.165) is 22.4 Å². The van der Waals surface area contributed by atoms with Crippen LogP contribution < -0.4 is 20.5 Å². The molecule has 2 aromatic rings. The molecule has 0 aromatic heterocycles. The molecule has 0 fully saturated rings. The molecule has 0 atom stereocenters. The molecule has 0 spiro atoms. The molecule has 0 heterocycles. The van der Waals surface area contributed by atoms with Gasteiger partial charge in [0.25, 0.3) is 0 Å². The minimum absolute atomic E-state index is 0. The van der Waals surface area contributed by atoms with Crippen molar-refractivity contribution >= 4 is 40.0 Å². The Morgan fingerprint density at radius 1 is 1.14 bits per heavy atom. The summed E-state index contributed by atoms with van der Waals surface area (Å²) in [6, 6.07) is 12.6. The van der Waals surface area contributed by atoms with Crippen molar-refractivity contribution in [3.8, 4) is 5.75 Å². The van der Waals surface area contributed by atoms with Gasteiger partial charge in [-0.25, -0.2) is 18.5 Å². The van der Waals surface area contributed by atoms with Crippen LogP contribution in [-0.4, -0.2) is 27.5 Å². The molecule has 2 aromatic carbocycles. The summed E-state index contributed by atoms with van der Waals surface area (Å²) in [7, 11) is -3.73. The number of rotatable bonds is 8. The highest BCUT2D eigenvalue weighted by Crippen LogP contribution is 2.20. The van der Waals surface area contributed by atoms with Crippen LogP contribution in [0.15, 0.2) is 52.4 Å². The zero-order chi connectivity index (χ0) is 20.6. The number of nitrogens with one attached hydrogen (secondary N) is 2. The first-order valence-electron chi connectivity index (χ1n) is 9.19. The Kier molecular flexibility index (Phi) is 10.4. The first-order chi connectivity index (χ1) is 13.3. The summed E-state index contributed by atoms with van der Waals surface area (Å²) in [5.41, 5.74) is 2.94. The van der Waals surface area contributed by atoms with Gasteiger partial charge in [0.15, 0.2) is 5.96 Å². The molecule has 9 heteroatoms. The zero-order valence-electron chi connectivity index (χ0n) is 16.9. The monoisotopic (exact) mass is 532 g/mol. The first kappa shape index (κ1) is 25.2. The number of benzene rings is 2. The molecule has 0 amide bonds. The van der Waals surface area contributed by atoms with Gasteiger partial charge in [-0.05, 0) is 50.1 Å². The van der Waals surface area contributed by atoms with E-state index in [0.29, 0.717) is 32.2 Å². The Bertz CT molecular complexity index is 933. The van der Waals surface area contributed by atoms with Crippen molar-refractivity contribution in [1.29, 1.82) is 0 Å². The van der Waals surface area contributed by atoms with Gasteiger partial charge in [-0.2, -0.15) is 0 Å². The molecule has 2 rings (SSSR count). The summed E-state index contributed by atoms with van der Waals surface area (Å²) >= 11 is 0. The fourth-order valence-electron chi connectivity index (χ4n) is 2.61. The second kappa shape index (κ2) is 12.0. The smallest absolute Gasteiger partial charge is 0.238 e. The van der Waals surface area contributed by atoms with E-state index in [-0.39, 0.29) is 28.9 Å². The Balaban J connectivity index is 0.00000420. The summed E-state index contributed by atoms with van der Waals surface area (Å²) in [6.45, 7) is 8.15. The predicted molar refractivity (Wildman–Crippen MR) is 127 cm³/mol. The quantitative estimate of drug-likeness (QED) is 0.276. The summed E-state index contributed by atoms with van der Waals surface area (Å²) in [5, 5.41) is 11.7. The molecule has 0 unspecified atom stereocenters. The van der Waals surface area contributed by atoms with Gasteiger partial charge < -0.3 is 15.4 Å². The van der Waals surface area contributed by atoms with Gasteiger partial charge in [0, 0.05) is 18.7 Å². The number of primary sulfonamides is 1. The largest absolute Gasteiger partial charge is 0.494 e. The lowest BCUT2D eigenvalue weighted by Crippen LogP contribution is -2.36. The van der Waals surface area contributed by atoms with Crippen LogP contribution in [0.5, 0.6) is 5.75 Å². The molecule has 0 bridgehead atoms. The van der Waals surface area contributed by atoms with E-state index in [1.54, 1.807) is 6.07 Å². The molecule has 7 nitrogen and oxygen atoms in total. The highest BCUT2D eigenvalue weighted by molar-refractivity contribution is 14.0. The molecule has 0 saturated carbocycles. The van der Waals surface area contributed by atoms with Gasteiger partial charge in [-0.15, -0.1) is 24.0 Å². The number of nitrogens with two attached hydrogens (primary N) is 1. The fourth-order valence-corrected chi connectivity index (χ4v) is 3.19. The Morgan fingerprint density at radius 3 is 2.55 bits per heavy atom. The maximum Gasteiger partial charge on any atom is 0.238 e. The van der Waals surface area contributed by atoms with Crippen LogP contribution in [0.1, 0.15) is 30.5 Å². The Morgan fingerprint density at radius 2 is 1.90 bits per heavy atom. The van der Waals surface area contributed by atoms with Crippen molar-refractivity contribution in [2.75, 3.05) is 13.2 Å². The third-order valence-electron chi connectivity index (χ3n) is 3.96. The van der Waals surface area contributed by atoms with Gasteiger partial charge in [0.1, 0.15) is 5.75 Å². The maximum atomic E-state index is 11.5. The van der Waals surface area contributed by atoms with Gasteiger partial charge >= 0.3 is 0 Å². The van der Waals surface area contributed by atoms with Crippen molar-refractivity contribution in [1.82, 2.24) is 10.6 Å². The number of ether oxygens (including phenoxy) is 1. The van der Waals surface area contributed by atoms with E-state index in [1.165, 1.54) is 12.1 Å². The van der Waals surface area contributed by atoms with Gasteiger partial charge in [0.2, 0.25) is 10.0 Å². The highest BCUT2D eigenvalue weighted by Gasteiger charge is 2.08. The van der Waals surface area contributed by atoms with Gasteiger partial charge in [-0.3, -0.25) is 0 Å². The van der Waals surface area contributed by atoms with Crippen molar-refractivity contribution < 1.29 is 13.2 Å². The summed E-state index contributed by atoms with van der Waals surface area (Å²) in [6.07, 6.45) is 0. The maximum absolute atomic E-state index is 11.5. The summed E-state index contributed by atoms with van der Waals surface area (Å²) < 4.78 is 28.7. The lowest BCUT2D eigenvalue weighted by Gasteiger charge is -2.15. The standard InChI is InChI=1S/C20H28N4O3S.HI/c1-4-22-20(23-13-16-7-6-8-18(12-16)28(21,25)26)24-14-17-10-9-15(3)11-19(17)27-5-2;/h6-12H,4-5,13-14H2,1-3H3,(H2,21,25,26)(H2,22,23,24);1H. The van der Waals surface area contributed by atoms with Crippen LogP contribution >= 0.6 is 24.0 Å². The topological polar surface area (TPSA) is 106 Å². The first-order valence-corrected chi connectivity index (χ1v) is 10.7. The minimum atomic E-state index is -3.73. The van der Waals surface area contributed by atoms with E-state index in [1.807, 2.05) is 45.0 Å². The Hall–Kier alpha value is -1.85. The lowest BCUT2D eigenvalue weighted by atomic mass is 10.1. The van der Waals surface area contributed by atoms with Crippen molar-refractivity contribution in [2.24, 2.45) is 10.1 Å². The van der Waals surface area contributed by atoms with Crippen molar-refractivity contribution in [3.63, 3.8) is 0 Å². The molecule has 0 aliphatic carbocycles. The van der Waals surface area contributed by atoms with E-state index in [4.69, 9.17) is 9.88 Å². The number of sulfonamides is 1. The Labute approximate surface area is 190 Å². The van der Waals surface area contributed by atoms with Crippen molar-refractivity contribution in [2.45, 2.75) is 38.8 Å². The van der Waals surface area contributed by atoms with Crippen LogP contribution in [0.4, 0.5) is 0 Å². The fraction of sp³-hybridized carbons (Fsp3) is 0.350. The molecule has 29 heavy (non-hydrogen) atoms. The zero-order valence-corrected chi connectivity index (χ0v) is 20.1. The molecular weight excluding hydrogens is 503 g/mol. The third kappa shape index (κ3) is 8.19. The van der Waals surface area contributed by atoms with E-state index >= 15 is 0 Å². The van der Waals surface area contributed by atoms with Crippen LogP contribution in [0.3, 0.4) is 0 Å². The van der Waals surface area contributed by atoms with E-state index < -0.39 is 10.0 Å². The summed E-state index contributed by atoms with van der Waals surface area (Å²) in [4.78, 5) is 4.62. The third-order valence-corrected chi connectivity index (χ3v) is 4.87. The second-order valence-electron chi connectivity index (χ2n) is 6.29. The molecule has 0 saturated heterocycles. The molecule has 160 valence electrons. The minimum Gasteiger partial charge on any atom is -0.494 e.